The van der Waals surface area contributed by atoms with Gasteiger partial charge in [-0.15, -0.1) is 0 Å². The number of nitrogens with zero attached hydrogens (tertiary/aromatic N) is 1. The molecule has 1 aromatic heterocycles. The van der Waals surface area contributed by atoms with Gasteiger partial charge in [0.2, 0.25) is 0 Å². The minimum atomic E-state index is -0.354. The molecule has 0 spiro atoms. The van der Waals surface area contributed by atoms with Crippen LogP contribution < -0.4 is 5.32 Å². The summed E-state index contributed by atoms with van der Waals surface area (Å²) in [5.74, 6) is -0.354. The highest BCUT2D eigenvalue weighted by atomic mass is 35.5. The third-order valence-corrected chi connectivity index (χ3v) is 4.17. The molecule has 1 saturated carbocycles. The largest absolute Gasteiger partial charge is 0.396 e. The highest BCUT2D eigenvalue weighted by Crippen LogP contribution is 2.36. The summed E-state index contributed by atoms with van der Waals surface area (Å²) in [5, 5.41) is 12.8. The first-order valence-electron chi connectivity index (χ1n) is 6.27. The number of nitrogens with one attached hydrogen (secondary N) is 1. The van der Waals surface area contributed by atoms with E-state index in [2.05, 4.69) is 10.3 Å². The van der Waals surface area contributed by atoms with Crippen LogP contribution in [-0.2, 0) is 0 Å². The number of amides is 1. The monoisotopic (exact) mass is 302 g/mol. The van der Waals surface area contributed by atoms with Crippen molar-refractivity contribution in [2.24, 2.45) is 5.41 Å². The van der Waals surface area contributed by atoms with Gasteiger partial charge in [0, 0.05) is 12.0 Å². The Morgan fingerprint density at radius 2 is 2.05 bits per heavy atom. The highest BCUT2D eigenvalue weighted by molar-refractivity contribution is 6.34. The second-order valence-electron chi connectivity index (χ2n) is 5.01. The van der Waals surface area contributed by atoms with E-state index >= 15 is 0 Å². The molecule has 104 valence electrons. The molecule has 2 rings (SSSR count). The Labute approximate surface area is 122 Å². The molecule has 1 heterocycles. The third-order valence-electron chi connectivity index (χ3n) is 3.65. The van der Waals surface area contributed by atoms with Crippen LogP contribution in [0.1, 0.15) is 36.2 Å². The molecule has 1 aliphatic carbocycles. The molecule has 0 aromatic carbocycles. The average Bonchev–Trinajstić information content (AvgIpc) is 2.88. The molecule has 19 heavy (non-hydrogen) atoms. The average molecular weight is 303 g/mol. The zero-order valence-electron chi connectivity index (χ0n) is 10.5. The first-order chi connectivity index (χ1) is 9.06. The number of aliphatic hydroxyl groups is 1. The van der Waals surface area contributed by atoms with Crippen LogP contribution in [0.3, 0.4) is 0 Å². The van der Waals surface area contributed by atoms with Crippen LogP contribution in [0.5, 0.6) is 0 Å². The van der Waals surface area contributed by atoms with Gasteiger partial charge >= 0.3 is 0 Å². The molecule has 0 aliphatic heterocycles. The summed E-state index contributed by atoms with van der Waals surface area (Å²) in [4.78, 5) is 16.0. The molecule has 0 unspecified atom stereocenters. The van der Waals surface area contributed by atoms with Gasteiger partial charge in [0.25, 0.3) is 5.91 Å². The van der Waals surface area contributed by atoms with E-state index in [0.717, 1.165) is 25.7 Å². The zero-order chi connectivity index (χ0) is 13.9. The third kappa shape index (κ3) is 3.38. The minimum Gasteiger partial charge on any atom is -0.396 e. The number of carbonyl (C=O) groups excluding carboxylic acids is 1. The lowest BCUT2D eigenvalue weighted by molar-refractivity contribution is 0.0876. The lowest BCUT2D eigenvalue weighted by Crippen LogP contribution is -2.38. The topological polar surface area (TPSA) is 62.2 Å². The Balaban J connectivity index is 2.03. The number of halogens is 2. The second kappa shape index (κ2) is 6.07. The number of pyridine rings is 1. The number of rotatable bonds is 4. The van der Waals surface area contributed by atoms with Gasteiger partial charge < -0.3 is 10.4 Å². The summed E-state index contributed by atoms with van der Waals surface area (Å²) in [6.45, 7) is 0.525. The Bertz CT molecular complexity index is 474. The van der Waals surface area contributed by atoms with E-state index < -0.39 is 0 Å². The molecule has 1 aliphatic rings. The quantitative estimate of drug-likeness (QED) is 0.841. The van der Waals surface area contributed by atoms with Gasteiger partial charge in [0.05, 0.1) is 11.6 Å². The van der Waals surface area contributed by atoms with Gasteiger partial charge in [-0.2, -0.15) is 0 Å². The Morgan fingerprint density at radius 3 is 2.68 bits per heavy atom. The molecule has 0 radical (unpaired) electrons. The molecule has 0 bridgehead atoms. The zero-order valence-corrected chi connectivity index (χ0v) is 12.0. The van der Waals surface area contributed by atoms with Crippen molar-refractivity contribution >= 4 is 29.1 Å². The molecule has 6 heteroatoms. The van der Waals surface area contributed by atoms with E-state index in [1.807, 2.05) is 0 Å². The number of aromatic nitrogens is 1. The first-order valence-corrected chi connectivity index (χ1v) is 7.03. The van der Waals surface area contributed by atoms with Crippen molar-refractivity contribution in [2.75, 3.05) is 13.2 Å². The maximum absolute atomic E-state index is 12.0. The lowest BCUT2D eigenvalue weighted by atomic mass is 9.87. The van der Waals surface area contributed by atoms with Crippen LogP contribution in [0.4, 0.5) is 0 Å². The number of carbonyl (C=O) groups is 1. The smallest absolute Gasteiger partial charge is 0.271 e. The van der Waals surface area contributed by atoms with Gasteiger partial charge in [-0.05, 0) is 25.0 Å². The molecule has 1 aromatic rings. The van der Waals surface area contributed by atoms with Crippen molar-refractivity contribution in [3.63, 3.8) is 0 Å². The fraction of sp³-hybridized carbons (Fsp3) is 0.538. The van der Waals surface area contributed by atoms with E-state index in [-0.39, 0.29) is 33.8 Å². The number of aliphatic hydroxyl groups excluding tert-OH is 1. The van der Waals surface area contributed by atoms with E-state index in [4.69, 9.17) is 23.2 Å². The van der Waals surface area contributed by atoms with Crippen molar-refractivity contribution in [3.8, 4) is 0 Å². The van der Waals surface area contributed by atoms with Gasteiger partial charge in [0.15, 0.2) is 0 Å². The number of hydrogen-bond acceptors (Lipinski definition) is 3. The molecule has 0 atom stereocenters. The van der Waals surface area contributed by atoms with Crippen LogP contribution in [0, 0.1) is 5.41 Å². The predicted octanol–water partition coefficient (Wildman–Crippen LogP) is 2.67. The van der Waals surface area contributed by atoms with Crippen molar-refractivity contribution in [1.29, 1.82) is 0 Å². The highest BCUT2D eigenvalue weighted by Gasteiger charge is 2.33. The van der Waals surface area contributed by atoms with Crippen molar-refractivity contribution in [1.82, 2.24) is 10.3 Å². The fourth-order valence-electron chi connectivity index (χ4n) is 2.44. The normalized spacial score (nSPS) is 17.4. The summed E-state index contributed by atoms with van der Waals surface area (Å²) >= 11 is 11.7. The summed E-state index contributed by atoms with van der Waals surface area (Å²) in [6, 6.07) is 3.08. The molecule has 2 N–H and O–H groups in total. The van der Waals surface area contributed by atoms with Gasteiger partial charge in [-0.1, -0.05) is 36.0 Å². The fourth-order valence-corrected chi connectivity index (χ4v) is 2.78. The van der Waals surface area contributed by atoms with Gasteiger partial charge in [-0.3, -0.25) is 4.79 Å². The maximum atomic E-state index is 12.0. The maximum Gasteiger partial charge on any atom is 0.271 e. The van der Waals surface area contributed by atoms with Crippen molar-refractivity contribution < 1.29 is 9.90 Å². The predicted molar refractivity (Wildman–Crippen MR) is 74.6 cm³/mol. The molecular formula is C13H16Cl2N2O2. The summed E-state index contributed by atoms with van der Waals surface area (Å²) in [7, 11) is 0. The first kappa shape index (κ1) is 14.6. The van der Waals surface area contributed by atoms with Gasteiger partial charge in [0.1, 0.15) is 10.8 Å². The molecule has 1 amide bonds. The van der Waals surface area contributed by atoms with E-state index in [9.17, 15) is 9.90 Å². The SMILES string of the molecule is O=C(NCC1(CO)CCCC1)c1nc(Cl)ccc1Cl. The van der Waals surface area contributed by atoms with Crippen LogP contribution in [0.25, 0.3) is 0 Å². The van der Waals surface area contributed by atoms with Crippen LogP contribution in [-0.4, -0.2) is 29.1 Å². The Kier molecular flexibility index (Phi) is 4.66. The Morgan fingerprint density at radius 1 is 1.37 bits per heavy atom. The van der Waals surface area contributed by atoms with Crippen LogP contribution in [0.15, 0.2) is 12.1 Å². The summed E-state index contributed by atoms with van der Waals surface area (Å²) in [5.41, 5.74) is -0.0685. The van der Waals surface area contributed by atoms with Crippen LogP contribution in [0.2, 0.25) is 10.2 Å². The van der Waals surface area contributed by atoms with E-state index in [1.54, 1.807) is 6.07 Å². The van der Waals surface area contributed by atoms with Crippen LogP contribution >= 0.6 is 23.2 Å². The van der Waals surface area contributed by atoms with Crippen molar-refractivity contribution in [2.45, 2.75) is 25.7 Å². The molecule has 4 nitrogen and oxygen atoms in total. The van der Waals surface area contributed by atoms with E-state index in [0.29, 0.717) is 6.54 Å². The molecular weight excluding hydrogens is 287 g/mol. The lowest BCUT2D eigenvalue weighted by Gasteiger charge is -2.26. The Hall–Kier alpha value is -0.840. The van der Waals surface area contributed by atoms with Gasteiger partial charge in [-0.25, -0.2) is 4.98 Å². The summed E-state index contributed by atoms with van der Waals surface area (Å²) < 4.78 is 0. The molecule has 1 fully saturated rings. The molecule has 0 saturated heterocycles. The minimum absolute atomic E-state index is 0.0873. The number of hydrogen-bond donors (Lipinski definition) is 2. The van der Waals surface area contributed by atoms with E-state index in [1.165, 1.54) is 6.07 Å². The standard InChI is InChI=1S/C13H16Cl2N2O2/c14-9-3-4-10(15)17-11(9)12(19)16-7-13(8-18)5-1-2-6-13/h3-4,18H,1-2,5-8H2,(H,16,19). The van der Waals surface area contributed by atoms with Crippen molar-refractivity contribution in [3.05, 3.63) is 28.0 Å². The summed E-state index contributed by atoms with van der Waals surface area (Å²) in [6.07, 6.45) is 4.04. The second-order valence-corrected chi connectivity index (χ2v) is 5.81.